The second kappa shape index (κ2) is 6.12. The molecule has 0 saturated carbocycles. The van der Waals surface area contributed by atoms with Gasteiger partial charge in [-0.05, 0) is 31.5 Å². The van der Waals surface area contributed by atoms with Crippen molar-refractivity contribution in [2.45, 2.75) is 25.3 Å². The van der Waals surface area contributed by atoms with Crippen LogP contribution in [0.1, 0.15) is 19.3 Å². The molecule has 102 valence electrons. The van der Waals surface area contributed by atoms with Crippen molar-refractivity contribution in [3.05, 3.63) is 32.8 Å². The normalized spacial score (nSPS) is 18.9. The van der Waals surface area contributed by atoms with Crippen LogP contribution in [0.15, 0.2) is 22.7 Å². The van der Waals surface area contributed by atoms with E-state index in [4.69, 9.17) is 0 Å². The second-order valence-corrected chi connectivity index (χ2v) is 5.33. The highest BCUT2D eigenvalue weighted by Crippen LogP contribution is 2.28. The number of anilines is 1. The van der Waals surface area contributed by atoms with E-state index in [0.717, 1.165) is 25.8 Å². The summed E-state index contributed by atoms with van der Waals surface area (Å²) in [4.78, 5) is 22.5. The highest BCUT2D eigenvalue weighted by atomic mass is 79.9. The largest absolute Gasteiger partial charge is 0.319 e. The summed E-state index contributed by atoms with van der Waals surface area (Å²) < 4.78 is 0.605. The van der Waals surface area contributed by atoms with Gasteiger partial charge in [0.2, 0.25) is 5.91 Å². The van der Waals surface area contributed by atoms with Crippen LogP contribution in [0, 0.1) is 10.1 Å². The van der Waals surface area contributed by atoms with Gasteiger partial charge in [-0.15, -0.1) is 0 Å². The minimum Gasteiger partial charge on any atom is -0.319 e. The summed E-state index contributed by atoms with van der Waals surface area (Å²) in [7, 11) is 0. The van der Waals surface area contributed by atoms with Crippen LogP contribution < -0.4 is 10.6 Å². The number of carbonyl (C=O) groups is 1. The van der Waals surface area contributed by atoms with Crippen molar-refractivity contribution in [2.24, 2.45) is 0 Å². The Morgan fingerprint density at radius 1 is 1.47 bits per heavy atom. The number of nitrogens with one attached hydrogen (secondary N) is 2. The molecule has 1 unspecified atom stereocenters. The summed E-state index contributed by atoms with van der Waals surface area (Å²) in [6, 6.07) is 4.31. The van der Waals surface area contributed by atoms with E-state index in [1.54, 1.807) is 6.07 Å². The maximum Gasteiger partial charge on any atom is 0.293 e. The maximum absolute atomic E-state index is 12.0. The first-order chi connectivity index (χ1) is 9.08. The van der Waals surface area contributed by atoms with E-state index in [-0.39, 0.29) is 23.3 Å². The zero-order chi connectivity index (χ0) is 13.8. The fourth-order valence-corrected chi connectivity index (χ4v) is 2.41. The zero-order valence-electron chi connectivity index (χ0n) is 10.2. The Morgan fingerprint density at radius 2 is 2.26 bits per heavy atom. The maximum atomic E-state index is 12.0. The average molecular weight is 328 g/mol. The van der Waals surface area contributed by atoms with E-state index >= 15 is 0 Å². The molecule has 1 aliphatic heterocycles. The van der Waals surface area contributed by atoms with Gasteiger partial charge in [-0.3, -0.25) is 14.9 Å². The number of amides is 1. The van der Waals surface area contributed by atoms with Crippen LogP contribution >= 0.6 is 15.9 Å². The molecule has 1 fully saturated rings. The molecule has 0 radical (unpaired) electrons. The number of benzene rings is 1. The molecule has 1 aromatic carbocycles. The number of nitrogens with zero attached hydrogens (tertiary/aromatic N) is 1. The van der Waals surface area contributed by atoms with E-state index in [1.807, 2.05) is 0 Å². The van der Waals surface area contributed by atoms with E-state index in [2.05, 4.69) is 26.6 Å². The average Bonchev–Trinajstić information content (AvgIpc) is 2.41. The molecule has 7 heteroatoms. The highest BCUT2D eigenvalue weighted by molar-refractivity contribution is 9.10. The quantitative estimate of drug-likeness (QED) is 0.659. The Hall–Kier alpha value is -1.47. The van der Waals surface area contributed by atoms with Crippen LogP contribution in [0.3, 0.4) is 0 Å². The molecule has 1 aliphatic rings. The van der Waals surface area contributed by atoms with Crippen LogP contribution in [-0.4, -0.2) is 23.4 Å². The first-order valence-electron chi connectivity index (χ1n) is 6.06. The molecule has 1 heterocycles. The number of rotatable bonds is 3. The van der Waals surface area contributed by atoms with Crippen molar-refractivity contribution in [2.75, 3.05) is 11.9 Å². The number of hydrogen-bond donors (Lipinski definition) is 2. The lowest BCUT2D eigenvalue weighted by molar-refractivity contribution is -0.384. The van der Waals surface area contributed by atoms with Crippen molar-refractivity contribution in [3.63, 3.8) is 0 Å². The summed E-state index contributed by atoms with van der Waals surface area (Å²) in [5, 5.41) is 16.7. The Morgan fingerprint density at radius 3 is 2.89 bits per heavy atom. The zero-order valence-corrected chi connectivity index (χ0v) is 11.8. The second-order valence-electron chi connectivity index (χ2n) is 4.41. The van der Waals surface area contributed by atoms with Crippen molar-refractivity contribution in [1.29, 1.82) is 0 Å². The molecule has 19 heavy (non-hydrogen) atoms. The van der Waals surface area contributed by atoms with Gasteiger partial charge in [-0.25, -0.2) is 0 Å². The fourth-order valence-electron chi connectivity index (χ4n) is 2.06. The lowest BCUT2D eigenvalue weighted by Crippen LogP contribution is -2.43. The monoisotopic (exact) mass is 327 g/mol. The van der Waals surface area contributed by atoms with Crippen LogP contribution in [0.25, 0.3) is 0 Å². The van der Waals surface area contributed by atoms with Crippen molar-refractivity contribution in [1.82, 2.24) is 5.32 Å². The first kappa shape index (κ1) is 14.0. The topological polar surface area (TPSA) is 84.3 Å². The Balaban J connectivity index is 2.13. The van der Waals surface area contributed by atoms with Gasteiger partial charge in [0.1, 0.15) is 5.69 Å². The minimum absolute atomic E-state index is 0.112. The van der Waals surface area contributed by atoms with Gasteiger partial charge < -0.3 is 10.6 Å². The number of nitro groups is 1. The third-order valence-corrected chi connectivity index (χ3v) is 3.53. The molecular formula is C12H14BrN3O3. The van der Waals surface area contributed by atoms with Crippen LogP contribution in [-0.2, 0) is 4.79 Å². The molecule has 2 N–H and O–H groups in total. The van der Waals surface area contributed by atoms with Gasteiger partial charge in [0, 0.05) is 10.5 Å². The van der Waals surface area contributed by atoms with Crippen molar-refractivity contribution < 1.29 is 9.72 Å². The Bertz CT molecular complexity index is 501. The van der Waals surface area contributed by atoms with Gasteiger partial charge in [0.05, 0.1) is 11.0 Å². The third kappa shape index (κ3) is 3.51. The molecule has 0 aromatic heterocycles. The molecule has 1 amide bonds. The van der Waals surface area contributed by atoms with Crippen LogP contribution in [0.4, 0.5) is 11.4 Å². The summed E-state index contributed by atoms with van der Waals surface area (Å²) in [5.74, 6) is -0.217. The number of hydrogen-bond acceptors (Lipinski definition) is 4. The van der Waals surface area contributed by atoms with Gasteiger partial charge in [0.15, 0.2) is 0 Å². The molecule has 0 bridgehead atoms. The number of nitro benzene ring substituents is 1. The Labute approximate surface area is 118 Å². The molecule has 2 rings (SSSR count). The lowest BCUT2D eigenvalue weighted by Gasteiger charge is -2.22. The SMILES string of the molecule is O=C(Nc1ccc(Br)cc1[N+](=O)[O-])C1CCCCN1. The standard InChI is InChI=1S/C12H14BrN3O3/c13-8-4-5-9(11(7-8)16(18)19)15-12(17)10-3-1-2-6-14-10/h4-5,7,10,14H,1-3,6H2,(H,15,17). The van der Waals surface area contributed by atoms with E-state index in [9.17, 15) is 14.9 Å². The third-order valence-electron chi connectivity index (χ3n) is 3.04. The summed E-state index contributed by atoms with van der Waals surface area (Å²) in [6.07, 6.45) is 2.81. The van der Waals surface area contributed by atoms with Gasteiger partial charge >= 0.3 is 0 Å². The predicted octanol–water partition coefficient (Wildman–Crippen LogP) is 2.44. The predicted molar refractivity (Wildman–Crippen MR) is 75.1 cm³/mol. The number of halogens is 1. The number of piperidine rings is 1. The van der Waals surface area contributed by atoms with Crippen LogP contribution in [0.5, 0.6) is 0 Å². The van der Waals surface area contributed by atoms with E-state index in [1.165, 1.54) is 12.1 Å². The molecule has 1 atom stereocenters. The molecule has 0 aliphatic carbocycles. The molecule has 1 saturated heterocycles. The molecular weight excluding hydrogens is 314 g/mol. The molecule has 1 aromatic rings. The smallest absolute Gasteiger partial charge is 0.293 e. The van der Waals surface area contributed by atoms with E-state index in [0.29, 0.717) is 4.47 Å². The van der Waals surface area contributed by atoms with E-state index < -0.39 is 4.92 Å². The van der Waals surface area contributed by atoms with Crippen LogP contribution in [0.2, 0.25) is 0 Å². The first-order valence-corrected chi connectivity index (χ1v) is 6.85. The summed E-state index contributed by atoms with van der Waals surface area (Å²) in [5.41, 5.74) is 0.115. The Kier molecular flexibility index (Phi) is 4.49. The van der Waals surface area contributed by atoms with Gasteiger partial charge in [-0.1, -0.05) is 22.4 Å². The van der Waals surface area contributed by atoms with Crippen molar-refractivity contribution in [3.8, 4) is 0 Å². The summed E-state index contributed by atoms with van der Waals surface area (Å²) in [6.45, 7) is 0.806. The highest BCUT2D eigenvalue weighted by Gasteiger charge is 2.23. The van der Waals surface area contributed by atoms with Gasteiger partial charge in [0.25, 0.3) is 5.69 Å². The fraction of sp³-hybridized carbons (Fsp3) is 0.417. The molecule has 6 nitrogen and oxygen atoms in total. The molecule has 0 spiro atoms. The minimum atomic E-state index is -0.505. The lowest BCUT2D eigenvalue weighted by atomic mass is 10.0. The van der Waals surface area contributed by atoms with Gasteiger partial charge in [-0.2, -0.15) is 0 Å². The van der Waals surface area contributed by atoms with Crippen molar-refractivity contribution >= 4 is 33.2 Å². The number of carbonyl (C=O) groups excluding carboxylic acids is 1. The summed E-state index contributed by atoms with van der Waals surface area (Å²) >= 11 is 3.18.